The molecule has 0 radical (unpaired) electrons. The molecule has 1 rings (SSSR count). The molecule has 1 heterocycles. The number of hydrogen-bond donors (Lipinski definition) is 1. The summed E-state index contributed by atoms with van der Waals surface area (Å²) in [5.74, 6) is 1.96. The number of nitrogens with one attached hydrogen (secondary N) is 1. The monoisotopic (exact) mass is 252 g/mol. The number of ether oxygens (including phenoxy) is 1. The maximum atomic E-state index is 11.8. The van der Waals surface area contributed by atoms with Gasteiger partial charge < -0.3 is 10.1 Å². The van der Waals surface area contributed by atoms with Gasteiger partial charge in [0.25, 0.3) is 0 Å². The van der Waals surface area contributed by atoms with E-state index in [1.165, 1.54) is 0 Å². The van der Waals surface area contributed by atoms with Crippen LogP contribution in [-0.4, -0.2) is 48.6 Å². The Morgan fingerprint density at radius 3 is 2.94 bits per heavy atom. The molecule has 0 aromatic heterocycles. The van der Waals surface area contributed by atoms with Crippen molar-refractivity contribution in [3.63, 3.8) is 0 Å². The van der Waals surface area contributed by atoms with Crippen LogP contribution in [0.3, 0.4) is 0 Å². The third-order valence-electron chi connectivity index (χ3n) is 3.09. The molecule has 0 aromatic carbocycles. The van der Waals surface area contributed by atoms with Crippen LogP contribution in [-0.2, 0) is 14.3 Å². The number of hydrogen-bond acceptors (Lipinski definition) is 4. The fraction of sp³-hybridized carbons (Fsp3) is 0.692. The summed E-state index contributed by atoms with van der Waals surface area (Å²) in [6.07, 6.45) is 6.73. The average molecular weight is 252 g/mol. The summed E-state index contributed by atoms with van der Waals surface area (Å²) in [5.41, 5.74) is 0. The minimum atomic E-state index is -0.366. The van der Waals surface area contributed by atoms with Crippen molar-refractivity contribution in [3.05, 3.63) is 0 Å². The maximum absolute atomic E-state index is 11.8. The molecule has 1 fully saturated rings. The van der Waals surface area contributed by atoms with E-state index in [0.717, 1.165) is 19.4 Å². The molecule has 1 aliphatic rings. The van der Waals surface area contributed by atoms with Crippen molar-refractivity contribution in [2.75, 3.05) is 19.7 Å². The van der Waals surface area contributed by atoms with Crippen LogP contribution in [0.2, 0.25) is 0 Å². The average Bonchev–Trinajstić information content (AvgIpc) is 2.84. The van der Waals surface area contributed by atoms with Gasteiger partial charge in [0, 0.05) is 0 Å². The van der Waals surface area contributed by atoms with E-state index < -0.39 is 0 Å². The third kappa shape index (κ3) is 3.47. The summed E-state index contributed by atoms with van der Waals surface area (Å²) < 4.78 is 5.02. The van der Waals surface area contributed by atoms with Crippen molar-refractivity contribution in [1.29, 1.82) is 0 Å². The smallest absolute Gasteiger partial charge is 0.323 e. The third-order valence-corrected chi connectivity index (χ3v) is 3.09. The summed E-state index contributed by atoms with van der Waals surface area (Å²) >= 11 is 0. The van der Waals surface area contributed by atoms with Gasteiger partial charge in [-0.25, -0.2) is 0 Å². The van der Waals surface area contributed by atoms with Gasteiger partial charge in [-0.2, -0.15) is 0 Å². The minimum absolute atomic E-state index is 0.149. The van der Waals surface area contributed by atoms with Gasteiger partial charge in [0.05, 0.1) is 19.2 Å². The number of nitrogens with zero attached hydrogens (tertiary/aromatic N) is 1. The molecule has 100 valence electrons. The Morgan fingerprint density at radius 1 is 1.61 bits per heavy atom. The van der Waals surface area contributed by atoms with Gasteiger partial charge in [0.15, 0.2) is 0 Å². The molecule has 5 heteroatoms. The highest BCUT2D eigenvalue weighted by Gasteiger charge is 2.36. The van der Waals surface area contributed by atoms with E-state index in [9.17, 15) is 9.59 Å². The lowest BCUT2D eigenvalue weighted by molar-refractivity contribution is -0.149. The molecule has 0 saturated carbocycles. The van der Waals surface area contributed by atoms with Gasteiger partial charge in [-0.05, 0) is 33.2 Å². The summed E-state index contributed by atoms with van der Waals surface area (Å²) in [6, 6.07) is -0.674. The molecule has 1 N–H and O–H groups in total. The van der Waals surface area contributed by atoms with Crippen molar-refractivity contribution >= 4 is 11.9 Å². The van der Waals surface area contributed by atoms with Crippen LogP contribution in [0.25, 0.3) is 0 Å². The molecule has 0 aromatic rings. The zero-order valence-corrected chi connectivity index (χ0v) is 10.9. The predicted molar refractivity (Wildman–Crippen MR) is 67.7 cm³/mol. The topological polar surface area (TPSA) is 58.6 Å². The maximum Gasteiger partial charge on any atom is 0.323 e. The van der Waals surface area contributed by atoms with Gasteiger partial charge in [-0.3, -0.25) is 14.5 Å². The highest BCUT2D eigenvalue weighted by Crippen LogP contribution is 2.21. The van der Waals surface area contributed by atoms with Gasteiger partial charge in [-0.15, -0.1) is 6.42 Å². The number of carbonyl (C=O) groups excluding carboxylic acids is 2. The number of rotatable bonds is 5. The van der Waals surface area contributed by atoms with Crippen molar-refractivity contribution in [3.8, 4) is 12.3 Å². The lowest BCUT2D eigenvalue weighted by atomic mass is 10.2. The van der Waals surface area contributed by atoms with E-state index >= 15 is 0 Å². The molecule has 18 heavy (non-hydrogen) atoms. The molecule has 5 nitrogen and oxygen atoms in total. The number of terminal acetylenes is 1. The van der Waals surface area contributed by atoms with E-state index in [1.807, 2.05) is 4.90 Å². The second-order valence-electron chi connectivity index (χ2n) is 4.25. The molecule has 1 saturated heterocycles. The fourth-order valence-electron chi connectivity index (χ4n) is 2.18. The first kappa shape index (κ1) is 14.5. The molecular formula is C13H20N2O3. The first-order valence-electron chi connectivity index (χ1n) is 6.25. The summed E-state index contributed by atoms with van der Waals surface area (Å²) in [4.78, 5) is 25.5. The number of likely N-dealkylation sites (tertiary alicyclic amines) is 1. The van der Waals surface area contributed by atoms with E-state index in [2.05, 4.69) is 11.2 Å². The molecule has 1 aliphatic heterocycles. The first-order chi connectivity index (χ1) is 8.61. The van der Waals surface area contributed by atoms with Crippen LogP contribution in [0.5, 0.6) is 0 Å². The first-order valence-corrected chi connectivity index (χ1v) is 6.25. The number of carbonyl (C=O) groups is 2. The van der Waals surface area contributed by atoms with Gasteiger partial charge >= 0.3 is 5.97 Å². The molecule has 0 aliphatic carbocycles. The Labute approximate surface area is 108 Å². The normalized spacial score (nSPS) is 21.1. The molecule has 2 unspecified atom stereocenters. The largest absolute Gasteiger partial charge is 0.465 e. The molecule has 1 amide bonds. The highest BCUT2D eigenvalue weighted by atomic mass is 16.5. The molecule has 0 bridgehead atoms. The van der Waals surface area contributed by atoms with Crippen LogP contribution in [0.15, 0.2) is 0 Å². The van der Waals surface area contributed by atoms with E-state index in [0.29, 0.717) is 6.61 Å². The Bertz CT molecular complexity index is 349. The SMILES string of the molecule is C#CCNC(=O)C(C)N1CCCC1C(=O)OCC. The lowest BCUT2D eigenvalue weighted by Gasteiger charge is -2.28. The number of esters is 1. The summed E-state index contributed by atoms with van der Waals surface area (Å²) in [6.45, 7) is 4.86. The number of amides is 1. The standard InChI is InChI=1S/C13H20N2O3/c1-4-8-14-12(16)10(3)15-9-6-7-11(15)13(17)18-5-2/h1,10-11H,5-9H2,2-3H3,(H,14,16). The highest BCUT2D eigenvalue weighted by molar-refractivity contribution is 5.83. The summed E-state index contributed by atoms with van der Waals surface area (Å²) in [5, 5.41) is 2.63. The Kier molecular flexibility index (Phi) is 5.66. The van der Waals surface area contributed by atoms with Gasteiger partial charge in [-0.1, -0.05) is 5.92 Å². The van der Waals surface area contributed by atoms with Crippen LogP contribution in [0.4, 0.5) is 0 Å². The zero-order valence-electron chi connectivity index (χ0n) is 10.9. The quantitative estimate of drug-likeness (QED) is 0.559. The molecular weight excluding hydrogens is 232 g/mol. The van der Waals surface area contributed by atoms with Crippen LogP contribution in [0.1, 0.15) is 26.7 Å². The van der Waals surface area contributed by atoms with Crippen LogP contribution < -0.4 is 5.32 Å². The van der Waals surface area contributed by atoms with Crippen molar-refractivity contribution in [1.82, 2.24) is 10.2 Å². The van der Waals surface area contributed by atoms with E-state index in [4.69, 9.17) is 11.2 Å². The summed E-state index contributed by atoms with van der Waals surface area (Å²) in [7, 11) is 0. The van der Waals surface area contributed by atoms with Gasteiger partial charge in [0.1, 0.15) is 6.04 Å². The van der Waals surface area contributed by atoms with E-state index in [1.54, 1.807) is 13.8 Å². The molecule has 2 atom stereocenters. The molecule has 0 spiro atoms. The van der Waals surface area contributed by atoms with Gasteiger partial charge in [0.2, 0.25) is 5.91 Å². The van der Waals surface area contributed by atoms with Crippen molar-refractivity contribution in [2.45, 2.75) is 38.8 Å². The second-order valence-corrected chi connectivity index (χ2v) is 4.25. The Morgan fingerprint density at radius 2 is 2.33 bits per heavy atom. The van der Waals surface area contributed by atoms with Crippen molar-refractivity contribution in [2.24, 2.45) is 0 Å². The second kappa shape index (κ2) is 7.02. The Hall–Kier alpha value is -1.54. The van der Waals surface area contributed by atoms with Crippen LogP contribution in [0, 0.1) is 12.3 Å². The minimum Gasteiger partial charge on any atom is -0.465 e. The lowest BCUT2D eigenvalue weighted by Crippen LogP contribution is -2.50. The zero-order chi connectivity index (χ0) is 13.5. The Balaban J connectivity index is 2.60. The van der Waals surface area contributed by atoms with Crippen molar-refractivity contribution < 1.29 is 14.3 Å². The van der Waals surface area contributed by atoms with Crippen LogP contribution >= 0.6 is 0 Å². The predicted octanol–water partition coefficient (Wildman–Crippen LogP) is 0.152. The van der Waals surface area contributed by atoms with E-state index in [-0.39, 0.29) is 30.5 Å². The fourth-order valence-corrected chi connectivity index (χ4v) is 2.18.